The molecule has 3 aliphatic rings. The van der Waals surface area contributed by atoms with Crippen LogP contribution in [0.25, 0.3) is 6.08 Å². The summed E-state index contributed by atoms with van der Waals surface area (Å²) in [5.41, 5.74) is 9.77. The molecule has 1 aromatic rings. The standard InChI is InChI=1S/C24H37N5O3/c1-15-4-5-20-17(12-15)13-19(24(30)26-16(2)25)23(28-20)29-9-6-21(22(14-29)31-3)27-18-7-10-32-11-8-18/h4-5,12-13,16,18,21-23,27-28H,6-11,14,25H2,1-3H3,(H,26,30)/t16?,21?,22-,23?/m0/s1. The van der Waals surface area contributed by atoms with E-state index in [-0.39, 0.29) is 18.2 Å². The van der Waals surface area contributed by atoms with Crippen LogP contribution in [-0.2, 0) is 14.3 Å². The number of hydrogen-bond acceptors (Lipinski definition) is 7. The molecule has 3 aliphatic heterocycles. The van der Waals surface area contributed by atoms with Gasteiger partial charge in [-0.2, -0.15) is 0 Å². The smallest absolute Gasteiger partial charge is 0.251 e. The van der Waals surface area contributed by atoms with Gasteiger partial charge in [0.25, 0.3) is 5.91 Å². The van der Waals surface area contributed by atoms with Gasteiger partial charge in [0.15, 0.2) is 0 Å². The number of rotatable bonds is 6. The van der Waals surface area contributed by atoms with Crippen LogP contribution in [0.1, 0.15) is 37.3 Å². The first kappa shape index (κ1) is 23.2. The molecule has 3 heterocycles. The molecule has 4 atom stereocenters. The second-order valence-electron chi connectivity index (χ2n) is 9.22. The minimum absolute atomic E-state index is 0.0468. The fourth-order valence-corrected chi connectivity index (χ4v) is 4.94. The number of carbonyl (C=O) groups is 1. The Balaban J connectivity index is 1.51. The zero-order chi connectivity index (χ0) is 22.7. The van der Waals surface area contributed by atoms with Gasteiger partial charge in [0.2, 0.25) is 0 Å². The molecular formula is C24H37N5O3. The van der Waals surface area contributed by atoms with E-state index in [2.05, 4.69) is 46.0 Å². The average Bonchev–Trinajstić information content (AvgIpc) is 2.78. The van der Waals surface area contributed by atoms with Crippen molar-refractivity contribution < 1.29 is 14.3 Å². The fourth-order valence-electron chi connectivity index (χ4n) is 4.94. The molecule has 0 aromatic heterocycles. The number of ether oxygens (including phenoxy) is 2. The first-order valence-corrected chi connectivity index (χ1v) is 11.7. The highest BCUT2D eigenvalue weighted by molar-refractivity contribution is 6.01. The monoisotopic (exact) mass is 443 g/mol. The third kappa shape index (κ3) is 5.32. The molecule has 32 heavy (non-hydrogen) atoms. The van der Waals surface area contributed by atoms with Crippen molar-refractivity contribution in [3.8, 4) is 0 Å². The summed E-state index contributed by atoms with van der Waals surface area (Å²) in [6, 6.07) is 7.05. The number of likely N-dealkylation sites (tertiary alicyclic amines) is 1. The second kappa shape index (κ2) is 10.3. The van der Waals surface area contributed by atoms with Gasteiger partial charge in [-0.3, -0.25) is 9.69 Å². The molecule has 5 N–H and O–H groups in total. The summed E-state index contributed by atoms with van der Waals surface area (Å²) in [5.74, 6) is -0.138. The van der Waals surface area contributed by atoms with E-state index in [1.165, 1.54) is 0 Å². The molecule has 0 saturated carbocycles. The Morgan fingerprint density at radius 2 is 2.09 bits per heavy atom. The average molecular weight is 444 g/mol. The molecule has 8 nitrogen and oxygen atoms in total. The topological polar surface area (TPSA) is 101 Å². The number of benzene rings is 1. The van der Waals surface area contributed by atoms with Crippen molar-refractivity contribution >= 4 is 17.7 Å². The van der Waals surface area contributed by atoms with Gasteiger partial charge in [-0.1, -0.05) is 11.6 Å². The summed E-state index contributed by atoms with van der Waals surface area (Å²) >= 11 is 0. The minimum Gasteiger partial charge on any atom is -0.381 e. The number of aryl methyl sites for hydroxylation is 1. The van der Waals surface area contributed by atoms with Crippen molar-refractivity contribution in [3.63, 3.8) is 0 Å². The highest BCUT2D eigenvalue weighted by Gasteiger charge is 2.38. The van der Waals surface area contributed by atoms with Crippen LogP contribution >= 0.6 is 0 Å². The summed E-state index contributed by atoms with van der Waals surface area (Å²) < 4.78 is 11.4. The van der Waals surface area contributed by atoms with Gasteiger partial charge in [0.05, 0.1) is 17.8 Å². The number of nitrogens with two attached hydrogens (primary N) is 1. The number of nitrogens with zero attached hydrogens (tertiary/aromatic N) is 1. The lowest BCUT2D eigenvalue weighted by molar-refractivity contribution is -0.118. The summed E-state index contributed by atoms with van der Waals surface area (Å²) in [6.07, 6.45) is 4.44. The number of carbonyl (C=O) groups excluding carboxylic acids is 1. The number of anilines is 1. The predicted octanol–water partition coefficient (Wildman–Crippen LogP) is 1.41. The zero-order valence-corrected chi connectivity index (χ0v) is 19.4. The highest BCUT2D eigenvalue weighted by Crippen LogP contribution is 2.31. The third-order valence-electron chi connectivity index (χ3n) is 6.66. The molecule has 0 aliphatic carbocycles. The Hall–Kier alpha value is -1.97. The van der Waals surface area contributed by atoms with Gasteiger partial charge in [0, 0.05) is 51.2 Å². The van der Waals surface area contributed by atoms with Crippen LogP contribution in [0.15, 0.2) is 23.8 Å². The number of hydrogen-bond donors (Lipinski definition) is 4. The molecule has 176 valence electrons. The number of amides is 1. The molecule has 0 radical (unpaired) electrons. The molecule has 2 saturated heterocycles. The molecule has 4 rings (SSSR count). The highest BCUT2D eigenvalue weighted by atomic mass is 16.5. The lowest BCUT2D eigenvalue weighted by atomic mass is 9.94. The van der Waals surface area contributed by atoms with E-state index in [9.17, 15) is 4.79 Å². The van der Waals surface area contributed by atoms with Crippen molar-refractivity contribution in [2.75, 3.05) is 38.7 Å². The Bertz CT molecular complexity index is 837. The van der Waals surface area contributed by atoms with E-state index in [0.29, 0.717) is 17.7 Å². The normalized spacial score (nSPS) is 27.8. The first-order chi connectivity index (χ1) is 15.4. The van der Waals surface area contributed by atoms with E-state index in [4.69, 9.17) is 15.2 Å². The lowest BCUT2D eigenvalue weighted by Crippen LogP contribution is -2.60. The Morgan fingerprint density at radius 1 is 1.31 bits per heavy atom. The zero-order valence-electron chi connectivity index (χ0n) is 19.4. The van der Waals surface area contributed by atoms with Gasteiger partial charge in [-0.25, -0.2) is 0 Å². The number of piperidine rings is 1. The Labute approximate surface area is 190 Å². The van der Waals surface area contributed by atoms with Crippen molar-refractivity contribution in [3.05, 3.63) is 34.9 Å². The third-order valence-corrected chi connectivity index (χ3v) is 6.66. The molecule has 3 unspecified atom stereocenters. The van der Waals surface area contributed by atoms with Crippen LogP contribution in [0.2, 0.25) is 0 Å². The predicted molar refractivity (Wildman–Crippen MR) is 126 cm³/mol. The molecule has 0 spiro atoms. The number of nitrogens with one attached hydrogen (secondary N) is 3. The van der Waals surface area contributed by atoms with Crippen LogP contribution in [0.5, 0.6) is 0 Å². The van der Waals surface area contributed by atoms with E-state index in [1.807, 2.05) is 6.08 Å². The molecule has 2 fully saturated rings. The van der Waals surface area contributed by atoms with Gasteiger partial charge < -0.3 is 31.2 Å². The van der Waals surface area contributed by atoms with Crippen LogP contribution in [0.3, 0.4) is 0 Å². The Kier molecular flexibility index (Phi) is 7.48. The first-order valence-electron chi connectivity index (χ1n) is 11.7. The van der Waals surface area contributed by atoms with Gasteiger partial charge >= 0.3 is 0 Å². The maximum atomic E-state index is 13.1. The van der Waals surface area contributed by atoms with Gasteiger partial charge in [-0.05, 0) is 56.9 Å². The molecule has 1 amide bonds. The van der Waals surface area contributed by atoms with Crippen molar-refractivity contribution in [2.24, 2.45) is 5.73 Å². The number of fused-ring (bicyclic) bond motifs is 1. The van der Waals surface area contributed by atoms with Crippen LogP contribution < -0.4 is 21.7 Å². The summed E-state index contributed by atoms with van der Waals surface area (Å²) in [4.78, 5) is 15.4. The van der Waals surface area contributed by atoms with E-state index in [0.717, 1.165) is 62.4 Å². The van der Waals surface area contributed by atoms with E-state index < -0.39 is 6.17 Å². The SMILES string of the molecule is CO[C@H]1CN(C2Nc3ccc(C)cc3C=C2C(=O)NC(C)N)CCC1NC1CCOCC1. The van der Waals surface area contributed by atoms with Crippen LogP contribution in [0, 0.1) is 6.92 Å². The number of methoxy groups -OCH3 is 1. The van der Waals surface area contributed by atoms with Crippen molar-refractivity contribution in [1.29, 1.82) is 0 Å². The largest absolute Gasteiger partial charge is 0.381 e. The maximum Gasteiger partial charge on any atom is 0.251 e. The maximum absolute atomic E-state index is 13.1. The molecule has 8 heteroatoms. The summed E-state index contributed by atoms with van der Waals surface area (Å²) in [6.45, 7) is 7.07. The van der Waals surface area contributed by atoms with Gasteiger partial charge in [0.1, 0.15) is 6.17 Å². The molecule has 1 aromatic carbocycles. The fraction of sp³-hybridized carbons (Fsp3) is 0.625. The van der Waals surface area contributed by atoms with Crippen LogP contribution in [-0.4, -0.2) is 74.7 Å². The van der Waals surface area contributed by atoms with E-state index >= 15 is 0 Å². The Morgan fingerprint density at radius 3 is 2.81 bits per heavy atom. The second-order valence-corrected chi connectivity index (χ2v) is 9.22. The lowest BCUT2D eigenvalue weighted by Gasteiger charge is -2.45. The summed E-state index contributed by atoms with van der Waals surface area (Å²) in [5, 5.41) is 10.3. The van der Waals surface area contributed by atoms with Crippen LogP contribution in [0.4, 0.5) is 5.69 Å². The quantitative estimate of drug-likeness (QED) is 0.493. The van der Waals surface area contributed by atoms with Gasteiger partial charge in [-0.15, -0.1) is 0 Å². The molecule has 0 bridgehead atoms. The summed E-state index contributed by atoms with van der Waals surface area (Å²) in [7, 11) is 1.78. The van der Waals surface area contributed by atoms with Crippen molar-refractivity contribution in [2.45, 2.75) is 63.6 Å². The van der Waals surface area contributed by atoms with Crippen molar-refractivity contribution in [1.82, 2.24) is 15.5 Å². The molecular weight excluding hydrogens is 406 g/mol. The van der Waals surface area contributed by atoms with E-state index in [1.54, 1.807) is 14.0 Å². The minimum atomic E-state index is -0.413.